The maximum atomic E-state index is 12.4. The molecular weight excluding hydrogens is 121 g/mol. The van der Waals surface area contributed by atoms with Gasteiger partial charge in [0.1, 0.15) is 7.85 Å². The molecular formula is C6H5BF2. The van der Waals surface area contributed by atoms with Crippen LogP contribution >= 0.6 is 0 Å². The number of halogens is 2. The van der Waals surface area contributed by atoms with Gasteiger partial charge in [-0.2, -0.15) is 0 Å². The van der Waals surface area contributed by atoms with E-state index in [0.29, 0.717) is 5.46 Å². The molecule has 46 valence electrons. The lowest BCUT2D eigenvalue weighted by molar-refractivity contribution is 0.514. The molecule has 1 aromatic rings. The van der Waals surface area contributed by atoms with E-state index in [1.807, 2.05) is 0 Å². The molecule has 0 N–H and O–H groups in total. The zero-order chi connectivity index (χ0) is 6.85. The molecule has 0 radical (unpaired) electrons. The molecule has 1 rings (SSSR count). The third-order valence-electron chi connectivity index (χ3n) is 1.14. The van der Waals surface area contributed by atoms with Crippen molar-refractivity contribution >= 4 is 13.3 Å². The molecule has 3 heteroatoms. The van der Waals surface area contributed by atoms with Gasteiger partial charge < -0.3 is 0 Å². The maximum Gasteiger partial charge on any atom is 0.158 e. The largest absolute Gasteiger partial charge is 0.204 e. The number of benzene rings is 1. The van der Waals surface area contributed by atoms with E-state index in [1.165, 1.54) is 20.0 Å². The smallest absolute Gasteiger partial charge is 0.158 e. The van der Waals surface area contributed by atoms with Crippen molar-refractivity contribution < 1.29 is 8.78 Å². The molecule has 0 atom stereocenters. The van der Waals surface area contributed by atoms with Crippen molar-refractivity contribution in [2.24, 2.45) is 0 Å². The zero-order valence-corrected chi connectivity index (χ0v) is 4.99. The topological polar surface area (TPSA) is 0 Å². The van der Waals surface area contributed by atoms with Gasteiger partial charge >= 0.3 is 0 Å². The molecule has 0 bridgehead atoms. The Morgan fingerprint density at radius 2 is 1.89 bits per heavy atom. The predicted octanol–water partition coefficient (Wildman–Crippen LogP) is 0.223. The van der Waals surface area contributed by atoms with Crippen molar-refractivity contribution in [2.75, 3.05) is 0 Å². The average Bonchev–Trinajstić information content (AvgIpc) is 1.83. The fraction of sp³-hybridized carbons (Fsp3) is 0. The first-order valence-corrected chi connectivity index (χ1v) is 2.62. The molecule has 1 aromatic carbocycles. The summed E-state index contributed by atoms with van der Waals surface area (Å²) in [5.74, 6) is -1.53. The summed E-state index contributed by atoms with van der Waals surface area (Å²) < 4.78 is 24.6. The SMILES string of the molecule is Bc1cccc(F)c1F. The molecule has 0 aliphatic carbocycles. The molecule has 0 saturated carbocycles. The highest BCUT2D eigenvalue weighted by Crippen LogP contribution is 1.98. The Labute approximate surface area is 52.9 Å². The van der Waals surface area contributed by atoms with Gasteiger partial charge in [-0.1, -0.05) is 17.6 Å². The fourth-order valence-corrected chi connectivity index (χ4v) is 0.612. The fourth-order valence-electron chi connectivity index (χ4n) is 0.612. The van der Waals surface area contributed by atoms with Crippen LogP contribution in [0.4, 0.5) is 8.78 Å². The minimum atomic E-state index is -0.782. The molecule has 0 spiro atoms. The third kappa shape index (κ3) is 1.09. The van der Waals surface area contributed by atoms with Crippen LogP contribution in [-0.2, 0) is 0 Å². The van der Waals surface area contributed by atoms with Crippen molar-refractivity contribution in [3.8, 4) is 0 Å². The summed E-state index contributed by atoms with van der Waals surface area (Å²) in [4.78, 5) is 0. The van der Waals surface area contributed by atoms with Gasteiger partial charge in [-0.25, -0.2) is 8.78 Å². The quantitative estimate of drug-likeness (QED) is 0.436. The van der Waals surface area contributed by atoms with E-state index in [1.54, 1.807) is 0 Å². The van der Waals surface area contributed by atoms with Crippen molar-refractivity contribution in [3.05, 3.63) is 29.8 Å². The van der Waals surface area contributed by atoms with Gasteiger partial charge in [-0.3, -0.25) is 0 Å². The average molecular weight is 126 g/mol. The summed E-state index contributed by atoms with van der Waals surface area (Å²) in [5.41, 5.74) is 0.343. The molecule has 9 heavy (non-hydrogen) atoms. The van der Waals surface area contributed by atoms with Gasteiger partial charge in [0.25, 0.3) is 0 Å². The Balaban J connectivity index is 3.25. The first-order chi connectivity index (χ1) is 4.22. The molecule has 0 saturated heterocycles. The van der Waals surface area contributed by atoms with Gasteiger partial charge in [0.15, 0.2) is 11.6 Å². The molecule has 0 heterocycles. The van der Waals surface area contributed by atoms with Crippen molar-refractivity contribution in [2.45, 2.75) is 0 Å². The summed E-state index contributed by atoms with van der Waals surface area (Å²) in [5, 5.41) is 0. The van der Waals surface area contributed by atoms with E-state index in [0.717, 1.165) is 6.07 Å². The van der Waals surface area contributed by atoms with Crippen LogP contribution < -0.4 is 5.46 Å². The Morgan fingerprint density at radius 1 is 1.22 bits per heavy atom. The highest BCUT2D eigenvalue weighted by Gasteiger charge is 2.00. The van der Waals surface area contributed by atoms with Crippen molar-refractivity contribution in [1.29, 1.82) is 0 Å². The Morgan fingerprint density at radius 3 is 2.33 bits per heavy atom. The summed E-state index contributed by atoms with van der Waals surface area (Å²) in [6, 6.07) is 4.11. The van der Waals surface area contributed by atoms with Crippen LogP contribution in [-0.4, -0.2) is 7.85 Å². The second kappa shape index (κ2) is 2.17. The zero-order valence-electron chi connectivity index (χ0n) is 4.99. The van der Waals surface area contributed by atoms with Crippen LogP contribution in [0.1, 0.15) is 0 Å². The van der Waals surface area contributed by atoms with Gasteiger partial charge in [0.2, 0.25) is 0 Å². The lowest BCUT2D eigenvalue weighted by atomic mass is 9.96. The second-order valence-electron chi connectivity index (χ2n) is 1.87. The first kappa shape index (κ1) is 6.27. The summed E-state index contributed by atoms with van der Waals surface area (Å²) >= 11 is 0. The van der Waals surface area contributed by atoms with Gasteiger partial charge in [-0.05, 0) is 6.07 Å². The normalized spacial score (nSPS) is 9.56. The molecule has 0 aromatic heterocycles. The Hall–Kier alpha value is -0.855. The standard InChI is InChI=1S/C6H5BF2/c7-4-2-1-3-5(8)6(4)9/h1-3H,7H2. The minimum Gasteiger partial charge on any atom is -0.204 e. The molecule has 0 amide bonds. The first-order valence-electron chi connectivity index (χ1n) is 2.62. The van der Waals surface area contributed by atoms with Crippen molar-refractivity contribution in [3.63, 3.8) is 0 Å². The lowest BCUT2D eigenvalue weighted by Crippen LogP contribution is -2.09. The number of hydrogen-bond acceptors (Lipinski definition) is 0. The number of hydrogen-bond donors (Lipinski definition) is 0. The predicted molar refractivity (Wildman–Crippen MR) is 34.5 cm³/mol. The van der Waals surface area contributed by atoms with Gasteiger partial charge in [-0.15, -0.1) is 0 Å². The van der Waals surface area contributed by atoms with Crippen LogP contribution in [0.3, 0.4) is 0 Å². The highest BCUT2D eigenvalue weighted by atomic mass is 19.2. The van der Waals surface area contributed by atoms with Crippen LogP contribution in [0.2, 0.25) is 0 Å². The van der Waals surface area contributed by atoms with Crippen LogP contribution in [0.5, 0.6) is 0 Å². The lowest BCUT2D eigenvalue weighted by Gasteiger charge is -1.93. The van der Waals surface area contributed by atoms with Crippen LogP contribution in [0, 0.1) is 11.6 Å². The molecule has 0 nitrogen and oxygen atoms in total. The number of rotatable bonds is 0. The monoisotopic (exact) mass is 126 g/mol. The van der Waals surface area contributed by atoms with Crippen LogP contribution in [0.15, 0.2) is 18.2 Å². The third-order valence-corrected chi connectivity index (χ3v) is 1.14. The van der Waals surface area contributed by atoms with E-state index in [2.05, 4.69) is 0 Å². The molecule has 0 unspecified atom stereocenters. The minimum absolute atomic E-state index is 0.343. The van der Waals surface area contributed by atoms with Crippen molar-refractivity contribution in [1.82, 2.24) is 0 Å². The molecule has 0 aliphatic heterocycles. The summed E-state index contributed by atoms with van der Waals surface area (Å²) in [6.07, 6.45) is 0. The summed E-state index contributed by atoms with van der Waals surface area (Å²) in [6.45, 7) is 0. The second-order valence-corrected chi connectivity index (χ2v) is 1.87. The highest BCUT2D eigenvalue weighted by molar-refractivity contribution is 6.32. The molecule has 0 aliphatic rings. The molecule has 0 fully saturated rings. The van der Waals surface area contributed by atoms with E-state index in [4.69, 9.17) is 0 Å². The maximum absolute atomic E-state index is 12.4. The van der Waals surface area contributed by atoms with E-state index in [9.17, 15) is 8.78 Å². The van der Waals surface area contributed by atoms with E-state index >= 15 is 0 Å². The Bertz CT molecular complexity index is 202. The van der Waals surface area contributed by atoms with E-state index in [-0.39, 0.29) is 0 Å². The van der Waals surface area contributed by atoms with Crippen LogP contribution in [0.25, 0.3) is 0 Å². The summed E-state index contributed by atoms with van der Waals surface area (Å²) in [7, 11) is 1.53. The Kier molecular flexibility index (Phi) is 1.51. The van der Waals surface area contributed by atoms with Gasteiger partial charge in [0, 0.05) is 0 Å². The van der Waals surface area contributed by atoms with Gasteiger partial charge in [0.05, 0.1) is 0 Å². The van der Waals surface area contributed by atoms with E-state index < -0.39 is 11.6 Å².